The number of benzene rings is 1. The second-order valence-electron chi connectivity index (χ2n) is 5.66. The lowest BCUT2D eigenvalue weighted by atomic mass is 10.1. The highest BCUT2D eigenvalue weighted by Gasteiger charge is 2.56. The summed E-state index contributed by atoms with van der Waals surface area (Å²) in [6.45, 7) is 2.51. The Labute approximate surface area is 134 Å². The summed E-state index contributed by atoms with van der Waals surface area (Å²) < 4.78 is 5.30. The first-order valence-corrected chi connectivity index (χ1v) is 8.25. The number of carbonyl (C=O) groups excluding carboxylic acids is 1. The first-order chi connectivity index (χ1) is 10.5. The number of para-hydroxylation sites is 1. The van der Waals surface area contributed by atoms with Crippen molar-refractivity contribution in [2.45, 2.75) is 24.7 Å². The summed E-state index contributed by atoms with van der Waals surface area (Å²) in [5.41, 5.74) is -1.16. The van der Waals surface area contributed by atoms with Gasteiger partial charge in [0.25, 0.3) is 0 Å². The summed E-state index contributed by atoms with van der Waals surface area (Å²) in [6.07, 6.45) is 0.886. The van der Waals surface area contributed by atoms with Crippen molar-refractivity contribution in [2.24, 2.45) is 11.3 Å². The van der Waals surface area contributed by atoms with Crippen LogP contribution in [0.25, 0.3) is 0 Å². The molecule has 2 rings (SSSR count). The SMILES string of the molecule is COc1ccccc1SCC(C)CNC(=O)C1(C(=O)O)CC1. The molecule has 0 bridgehead atoms. The smallest absolute Gasteiger partial charge is 0.319 e. The van der Waals surface area contributed by atoms with Gasteiger partial charge in [0.15, 0.2) is 0 Å². The fraction of sp³-hybridized carbons (Fsp3) is 0.500. The number of amides is 1. The van der Waals surface area contributed by atoms with Crippen LogP contribution in [0.5, 0.6) is 5.75 Å². The maximum absolute atomic E-state index is 11.9. The molecular formula is C16H21NO4S. The van der Waals surface area contributed by atoms with Gasteiger partial charge < -0.3 is 15.2 Å². The zero-order chi connectivity index (χ0) is 16.2. The molecular weight excluding hydrogens is 302 g/mol. The number of nitrogens with one attached hydrogen (secondary N) is 1. The van der Waals surface area contributed by atoms with E-state index in [0.717, 1.165) is 16.4 Å². The molecule has 1 atom stereocenters. The van der Waals surface area contributed by atoms with E-state index in [1.54, 1.807) is 18.9 Å². The number of ether oxygens (including phenoxy) is 1. The molecule has 6 heteroatoms. The number of methoxy groups -OCH3 is 1. The van der Waals surface area contributed by atoms with E-state index in [9.17, 15) is 9.59 Å². The highest BCUT2D eigenvalue weighted by molar-refractivity contribution is 7.99. The molecule has 0 radical (unpaired) electrons. The minimum atomic E-state index is -1.16. The number of carboxylic acids is 1. The normalized spacial score (nSPS) is 16.6. The van der Waals surface area contributed by atoms with Crippen molar-refractivity contribution in [2.75, 3.05) is 19.4 Å². The number of aliphatic carboxylic acids is 1. The maximum Gasteiger partial charge on any atom is 0.319 e. The summed E-state index contributed by atoms with van der Waals surface area (Å²) in [6, 6.07) is 7.80. The minimum absolute atomic E-state index is 0.239. The van der Waals surface area contributed by atoms with Crippen molar-refractivity contribution in [3.63, 3.8) is 0 Å². The summed E-state index contributed by atoms with van der Waals surface area (Å²) in [7, 11) is 1.64. The number of carbonyl (C=O) groups is 2. The lowest BCUT2D eigenvalue weighted by Crippen LogP contribution is -2.39. The number of hydrogen-bond acceptors (Lipinski definition) is 4. The molecule has 120 valence electrons. The Balaban J connectivity index is 1.78. The molecule has 1 amide bonds. The Bertz CT molecular complexity index is 557. The molecule has 1 aromatic carbocycles. The van der Waals surface area contributed by atoms with Crippen molar-refractivity contribution in [1.29, 1.82) is 0 Å². The highest BCUT2D eigenvalue weighted by atomic mass is 32.2. The lowest BCUT2D eigenvalue weighted by Gasteiger charge is -2.15. The van der Waals surface area contributed by atoms with E-state index in [0.29, 0.717) is 19.4 Å². The Kier molecular flexibility index (Phi) is 5.34. The van der Waals surface area contributed by atoms with Gasteiger partial charge in [0.05, 0.1) is 7.11 Å². The molecule has 2 N–H and O–H groups in total. The van der Waals surface area contributed by atoms with E-state index in [1.165, 1.54) is 0 Å². The second kappa shape index (κ2) is 7.05. The zero-order valence-electron chi connectivity index (χ0n) is 12.8. The van der Waals surface area contributed by atoms with E-state index >= 15 is 0 Å². The minimum Gasteiger partial charge on any atom is -0.496 e. The Morgan fingerprint density at radius 1 is 1.41 bits per heavy atom. The average molecular weight is 323 g/mol. The van der Waals surface area contributed by atoms with Gasteiger partial charge in [0.1, 0.15) is 11.2 Å². The van der Waals surface area contributed by atoms with Crippen molar-refractivity contribution in [1.82, 2.24) is 5.32 Å². The van der Waals surface area contributed by atoms with Crippen LogP contribution in [0, 0.1) is 11.3 Å². The topological polar surface area (TPSA) is 75.6 Å². The van der Waals surface area contributed by atoms with Gasteiger partial charge in [-0.1, -0.05) is 19.1 Å². The van der Waals surface area contributed by atoms with Gasteiger partial charge >= 0.3 is 5.97 Å². The molecule has 1 aliphatic carbocycles. The first kappa shape index (κ1) is 16.7. The lowest BCUT2D eigenvalue weighted by molar-refractivity contribution is -0.149. The second-order valence-corrected chi connectivity index (χ2v) is 6.73. The van der Waals surface area contributed by atoms with E-state index in [4.69, 9.17) is 9.84 Å². The van der Waals surface area contributed by atoms with Crippen LogP contribution in [-0.4, -0.2) is 36.4 Å². The Morgan fingerprint density at radius 3 is 2.68 bits per heavy atom. The van der Waals surface area contributed by atoms with Gasteiger partial charge in [-0.15, -0.1) is 11.8 Å². The van der Waals surface area contributed by atoms with Crippen molar-refractivity contribution >= 4 is 23.6 Å². The highest BCUT2D eigenvalue weighted by Crippen LogP contribution is 2.46. The molecule has 1 unspecified atom stereocenters. The molecule has 0 aromatic heterocycles. The van der Waals surface area contributed by atoms with Crippen LogP contribution in [0.15, 0.2) is 29.2 Å². The summed E-state index contributed by atoms with van der Waals surface area (Å²) in [5, 5.41) is 11.8. The molecule has 1 saturated carbocycles. The van der Waals surface area contributed by atoms with E-state index < -0.39 is 11.4 Å². The van der Waals surface area contributed by atoms with E-state index in [1.807, 2.05) is 31.2 Å². The molecule has 0 saturated heterocycles. The largest absolute Gasteiger partial charge is 0.496 e. The van der Waals surface area contributed by atoms with Gasteiger partial charge in [0.2, 0.25) is 5.91 Å². The predicted octanol–water partition coefficient (Wildman–Crippen LogP) is 2.40. The average Bonchev–Trinajstić information content (AvgIpc) is 3.32. The Hall–Kier alpha value is -1.69. The fourth-order valence-electron chi connectivity index (χ4n) is 2.13. The van der Waals surface area contributed by atoms with Crippen LogP contribution >= 0.6 is 11.8 Å². The Morgan fingerprint density at radius 2 is 2.09 bits per heavy atom. The first-order valence-electron chi connectivity index (χ1n) is 7.27. The van der Waals surface area contributed by atoms with E-state index in [2.05, 4.69) is 5.32 Å². The number of carboxylic acid groups (broad SMARTS) is 1. The summed E-state index contributed by atoms with van der Waals surface area (Å²) in [4.78, 5) is 24.1. The van der Waals surface area contributed by atoms with Gasteiger partial charge in [-0.2, -0.15) is 0 Å². The molecule has 5 nitrogen and oxygen atoms in total. The van der Waals surface area contributed by atoms with Gasteiger partial charge in [-0.3, -0.25) is 9.59 Å². The number of hydrogen-bond donors (Lipinski definition) is 2. The molecule has 0 heterocycles. The third kappa shape index (κ3) is 3.74. The standard InChI is InChI=1S/C16H21NO4S/c1-11(9-17-14(18)16(7-8-16)15(19)20)10-22-13-6-4-3-5-12(13)21-2/h3-6,11H,7-10H2,1-2H3,(H,17,18)(H,19,20). The quantitative estimate of drug-likeness (QED) is 0.567. The van der Waals surface area contributed by atoms with Gasteiger partial charge in [0, 0.05) is 17.2 Å². The molecule has 22 heavy (non-hydrogen) atoms. The van der Waals surface area contributed by atoms with Crippen LogP contribution in [0.2, 0.25) is 0 Å². The molecule has 0 aliphatic heterocycles. The van der Waals surface area contributed by atoms with Crippen LogP contribution in [-0.2, 0) is 9.59 Å². The van der Waals surface area contributed by atoms with Gasteiger partial charge in [-0.05, 0) is 30.9 Å². The van der Waals surface area contributed by atoms with Crippen molar-refractivity contribution < 1.29 is 19.4 Å². The fourth-order valence-corrected chi connectivity index (χ4v) is 3.18. The number of thioether (sulfide) groups is 1. The van der Waals surface area contributed by atoms with Crippen LogP contribution < -0.4 is 10.1 Å². The predicted molar refractivity (Wildman–Crippen MR) is 85.2 cm³/mol. The third-order valence-electron chi connectivity index (χ3n) is 3.80. The molecule has 1 aromatic rings. The maximum atomic E-state index is 11.9. The molecule has 0 spiro atoms. The van der Waals surface area contributed by atoms with Crippen molar-refractivity contribution in [3.05, 3.63) is 24.3 Å². The molecule has 1 aliphatic rings. The summed E-state index contributed by atoms with van der Waals surface area (Å²) >= 11 is 1.67. The van der Waals surface area contributed by atoms with Crippen LogP contribution in [0.3, 0.4) is 0 Å². The monoisotopic (exact) mass is 323 g/mol. The molecule has 1 fully saturated rings. The van der Waals surface area contributed by atoms with Crippen LogP contribution in [0.1, 0.15) is 19.8 Å². The van der Waals surface area contributed by atoms with E-state index in [-0.39, 0.29) is 11.8 Å². The van der Waals surface area contributed by atoms with Crippen molar-refractivity contribution in [3.8, 4) is 5.75 Å². The zero-order valence-corrected chi connectivity index (χ0v) is 13.6. The van der Waals surface area contributed by atoms with Gasteiger partial charge in [-0.25, -0.2) is 0 Å². The summed E-state index contributed by atoms with van der Waals surface area (Å²) in [5.74, 6) is 0.533. The van der Waals surface area contributed by atoms with Crippen LogP contribution in [0.4, 0.5) is 0 Å². The third-order valence-corrected chi connectivity index (χ3v) is 5.18. The number of rotatable bonds is 8.